The summed E-state index contributed by atoms with van der Waals surface area (Å²) in [5, 5.41) is 25.1. The summed E-state index contributed by atoms with van der Waals surface area (Å²) in [4.78, 5) is 9.50. The van der Waals surface area contributed by atoms with E-state index in [9.17, 15) is 36.6 Å². The van der Waals surface area contributed by atoms with E-state index in [1.807, 2.05) is 0 Å². The van der Waals surface area contributed by atoms with Gasteiger partial charge in [0.25, 0.3) is 0 Å². The molecule has 0 bridgehead atoms. The third kappa shape index (κ3) is 9.93. The summed E-state index contributed by atoms with van der Waals surface area (Å²) in [7, 11) is 8.67. The average molecular weight is 1190 g/mol. The van der Waals surface area contributed by atoms with Crippen molar-refractivity contribution in [2.24, 2.45) is 0 Å². The molecule has 2 unspecified atom stereocenters. The molecule has 2 atom stereocenters. The summed E-state index contributed by atoms with van der Waals surface area (Å²) in [5.74, 6) is 0. The first-order valence-corrected chi connectivity index (χ1v) is 25.2. The standard InChI is InChI=1S/C41H35B2N6.C17H14F6O2.Pt/c1-44(2)42-43(45(3)4)47(31-23-27-33(28-24-31)49-40-19-11-7-15-36(40)37-16-8-12-20-41(37)49)29-46(42)30-21-25-32(26-22-30)48-38-17-9-5-13-34(38)35-14-6-10-18-39(35)48;18-16(19,20)12-5-1-10(2-6-12)14(24)9-15(25)11-3-7-13(8-4-11)17(21,22)23;/h5-23,25-28H,1-4H3;1-8,14-15,24-25H,9H2;/q-1;;. The van der Waals surface area contributed by atoms with Crippen LogP contribution in [0.3, 0.4) is 0 Å². The van der Waals surface area contributed by atoms with Gasteiger partial charge in [-0.3, -0.25) is 0 Å². The van der Waals surface area contributed by atoms with E-state index in [1.165, 1.54) is 43.6 Å². The van der Waals surface area contributed by atoms with E-state index < -0.39 is 35.7 Å². The van der Waals surface area contributed by atoms with Gasteiger partial charge in [-0.05, 0) is 35.4 Å². The van der Waals surface area contributed by atoms with E-state index in [-0.39, 0.29) is 31.3 Å². The van der Waals surface area contributed by atoms with Crippen LogP contribution in [0, 0.1) is 6.07 Å². The largest absolute Gasteiger partial charge is 0.416 e. The van der Waals surface area contributed by atoms with Crippen molar-refractivity contribution in [2.45, 2.75) is 31.0 Å². The molecular formula is C58H49B2F6N6O2Pt-. The molecule has 1 aliphatic rings. The number of nitrogens with zero attached hydrogens (tertiary/aromatic N) is 6. The maximum Gasteiger partial charge on any atom is 0.416 e. The zero-order chi connectivity index (χ0) is 52.9. The van der Waals surface area contributed by atoms with Crippen molar-refractivity contribution in [1.29, 1.82) is 0 Å². The minimum Gasteiger partial charge on any atom is -0.388 e. The van der Waals surface area contributed by atoms with E-state index >= 15 is 0 Å². The Bertz CT molecular complexity index is 3320. The number of anilines is 2. The fraction of sp³-hybridized carbons (Fsp3) is 0.155. The van der Waals surface area contributed by atoms with Crippen LogP contribution in [0.5, 0.6) is 0 Å². The Hall–Kier alpha value is -6.93. The number of hydrogen-bond acceptors (Lipinski definition) is 6. The number of halogens is 6. The predicted molar refractivity (Wildman–Crippen MR) is 287 cm³/mol. The van der Waals surface area contributed by atoms with Gasteiger partial charge in [0.2, 0.25) is 0 Å². The summed E-state index contributed by atoms with van der Waals surface area (Å²) in [6, 6.07) is 61.6. The summed E-state index contributed by atoms with van der Waals surface area (Å²) < 4.78 is 80.8. The number of aliphatic hydroxyl groups is 2. The van der Waals surface area contributed by atoms with Gasteiger partial charge in [0.05, 0.1) is 23.3 Å². The van der Waals surface area contributed by atoms with Crippen LogP contribution in [0.1, 0.15) is 40.9 Å². The SMILES string of the molecule is CN(C)B1B(N(C)C)N(c2ccc(-n3c4ccccc4c4ccccc43)cc2)[C](=[Pt])N1c1[c-]cc(-n2c3ccccc3c3ccccc32)cc1.OC(CC(O)c1ccc(C(F)(F)F)cc1)c1ccc(C(F)(F)F)cc1. The molecule has 8 nitrogen and oxygen atoms in total. The number of fused-ring (bicyclic) bond motifs is 6. The Labute approximate surface area is 441 Å². The molecule has 10 aromatic rings. The van der Waals surface area contributed by atoms with Gasteiger partial charge in [-0.1, -0.05) is 24.3 Å². The summed E-state index contributed by atoms with van der Waals surface area (Å²) in [6.07, 6.45) is -11.8. The first-order valence-electron chi connectivity index (χ1n) is 24.1. The zero-order valence-electron chi connectivity index (χ0n) is 41.1. The average Bonchev–Trinajstić information content (AvgIpc) is 4.04. The van der Waals surface area contributed by atoms with Crippen molar-refractivity contribution in [3.8, 4) is 11.4 Å². The molecule has 3 heterocycles. The molecule has 0 saturated carbocycles. The van der Waals surface area contributed by atoms with Crippen LogP contribution in [-0.4, -0.2) is 75.1 Å². The molecule has 382 valence electrons. The molecule has 0 spiro atoms. The van der Waals surface area contributed by atoms with Crippen LogP contribution < -0.4 is 9.62 Å². The molecule has 1 fully saturated rings. The van der Waals surface area contributed by atoms with Crippen molar-refractivity contribution in [3.05, 3.63) is 216 Å². The van der Waals surface area contributed by atoms with Crippen LogP contribution in [0.25, 0.3) is 55.0 Å². The molecular weight excluding hydrogens is 1140 g/mol. The fourth-order valence-corrected chi connectivity index (χ4v) is 11.4. The molecule has 0 aliphatic carbocycles. The Balaban J connectivity index is 0.000000217. The van der Waals surface area contributed by atoms with E-state index in [2.05, 4.69) is 222 Å². The van der Waals surface area contributed by atoms with Crippen LogP contribution in [-0.2, 0) is 31.7 Å². The van der Waals surface area contributed by atoms with Gasteiger partial charge in [-0.25, -0.2) is 0 Å². The molecule has 0 radical (unpaired) electrons. The molecule has 75 heavy (non-hydrogen) atoms. The van der Waals surface area contributed by atoms with E-state index in [0.717, 1.165) is 75.4 Å². The Morgan fingerprint density at radius 1 is 0.467 bits per heavy atom. The molecule has 17 heteroatoms. The van der Waals surface area contributed by atoms with Crippen molar-refractivity contribution in [3.63, 3.8) is 0 Å². The first-order chi connectivity index (χ1) is 35.9. The molecule has 8 aromatic carbocycles. The minimum absolute atomic E-state index is 0.0462. The first kappa shape index (κ1) is 51.5. The van der Waals surface area contributed by atoms with Crippen molar-refractivity contribution in [2.75, 3.05) is 37.8 Å². The van der Waals surface area contributed by atoms with Gasteiger partial charge in [-0.15, -0.1) is 0 Å². The van der Waals surface area contributed by atoms with Crippen LogP contribution in [0.4, 0.5) is 37.7 Å². The van der Waals surface area contributed by atoms with Gasteiger partial charge in [0, 0.05) is 6.42 Å². The van der Waals surface area contributed by atoms with Crippen molar-refractivity contribution >= 4 is 72.9 Å². The second-order valence-electron chi connectivity index (χ2n) is 18.9. The molecule has 1 saturated heterocycles. The molecule has 1 aliphatic heterocycles. The molecule has 2 N–H and O–H groups in total. The molecule has 0 amide bonds. The number of rotatable bonds is 10. The number of hydrogen-bond donors (Lipinski definition) is 2. The Morgan fingerprint density at radius 2 is 0.813 bits per heavy atom. The van der Waals surface area contributed by atoms with Crippen LogP contribution in [0.15, 0.2) is 188 Å². The number of aromatic nitrogens is 2. The van der Waals surface area contributed by atoms with Gasteiger partial charge in [0.1, 0.15) is 0 Å². The second kappa shape index (κ2) is 20.6. The van der Waals surface area contributed by atoms with Gasteiger partial charge in [0.15, 0.2) is 0 Å². The third-order valence-electron chi connectivity index (χ3n) is 13.8. The molecule has 2 aromatic heterocycles. The van der Waals surface area contributed by atoms with E-state index in [4.69, 9.17) is 0 Å². The molecule has 11 rings (SSSR count). The van der Waals surface area contributed by atoms with E-state index in [0.29, 0.717) is 0 Å². The van der Waals surface area contributed by atoms with Gasteiger partial charge < -0.3 is 10.2 Å². The Kier molecular flexibility index (Phi) is 14.2. The number of aliphatic hydroxyl groups excluding tert-OH is 2. The fourth-order valence-electron chi connectivity index (χ4n) is 10.2. The predicted octanol–water partition coefficient (Wildman–Crippen LogP) is 12.7. The van der Waals surface area contributed by atoms with Crippen LogP contribution in [0.2, 0.25) is 0 Å². The van der Waals surface area contributed by atoms with Crippen LogP contribution >= 0.6 is 0 Å². The maximum absolute atomic E-state index is 12.5. The summed E-state index contributed by atoms with van der Waals surface area (Å²) in [5.41, 5.74) is 7.86. The number of para-hydroxylation sites is 4. The maximum atomic E-state index is 12.5. The van der Waals surface area contributed by atoms with Gasteiger partial charge in [-0.2, -0.15) is 26.3 Å². The minimum atomic E-state index is -4.50. The zero-order valence-corrected chi connectivity index (χ0v) is 43.3. The summed E-state index contributed by atoms with van der Waals surface area (Å²) >= 11 is 2.51. The number of alkyl halides is 6. The van der Waals surface area contributed by atoms with Crippen molar-refractivity contribution in [1.82, 2.24) is 18.8 Å². The van der Waals surface area contributed by atoms with Crippen molar-refractivity contribution < 1.29 is 55.9 Å². The normalized spacial score (nSPS) is 14.3. The van der Waals surface area contributed by atoms with E-state index in [1.54, 1.807) is 0 Å². The Morgan fingerprint density at radius 3 is 1.17 bits per heavy atom. The second-order valence-corrected chi connectivity index (χ2v) is 19.9. The summed E-state index contributed by atoms with van der Waals surface area (Å²) in [6.45, 7) is 0.104. The number of benzene rings is 8. The smallest absolute Gasteiger partial charge is 0.388 e. The monoisotopic (exact) mass is 1190 g/mol. The topological polar surface area (TPSA) is 63.3 Å². The quantitative estimate of drug-likeness (QED) is 0.0808. The third-order valence-corrected chi connectivity index (χ3v) is 14.9. The van der Waals surface area contributed by atoms with Gasteiger partial charge >= 0.3 is 318 Å².